The molecule has 2 aliphatic rings. The zero-order chi connectivity index (χ0) is 33.7. The molecule has 1 N–H and O–H groups in total. The maximum absolute atomic E-state index is 15.4. The molecule has 254 valence electrons. The first-order valence-corrected chi connectivity index (χ1v) is 17.1. The molecule has 0 bridgehead atoms. The van der Waals surface area contributed by atoms with Gasteiger partial charge in [-0.1, -0.05) is 31.4 Å². The smallest absolute Gasteiger partial charge is 0.282 e. The van der Waals surface area contributed by atoms with Gasteiger partial charge in [-0.2, -0.15) is 0 Å². The Morgan fingerprint density at radius 1 is 0.918 bits per heavy atom. The van der Waals surface area contributed by atoms with Crippen molar-refractivity contribution in [1.82, 2.24) is 19.4 Å². The van der Waals surface area contributed by atoms with Gasteiger partial charge in [0.25, 0.3) is 11.5 Å². The number of benzene rings is 3. The summed E-state index contributed by atoms with van der Waals surface area (Å²) in [5.41, 5.74) is 1.36. The number of ether oxygens (including phenoxy) is 3. The van der Waals surface area contributed by atoms with E-state index in [-0.39, 0.29) is 23.2 Å². The van der Waals surface area contributed by atoms with E-state index in [0.29, 0.717) is 45.8 Å². The molecular formula is C38H40FN5O5. The minimum absolute atomic E-state index is 0.0125. The number of nitrogens with one attached hydrogen (secondary N) is 1. The fraction of sp³-hybridized carbons (Fsp3) is 0.368. The third-order valence-corrected chi connectivity index (χ3v) is 9.42. The van der Waals surface area contributed by atoms with Crippen LogP contribution < -0.4 is 25.1 Å². The molecule has 0 spiro atoms. The number of anilines is 1. The molecule has 1 amide bonds. The molecule has 0 atom stereocenters. The number of rotatable bonds is 11. The van der Waals surface area contributed by atoms with Crippen LogP contribution in [0.1, 0.15) is 67.9 Å². The predicted octanol–water partition coefficient (Wildman–Crippen LogP) is 7.51. The van der Waals surface area contributed by atoms with Crippen LogP contribution in [0.3, 0.4) is 0 Å². The van der Waals surface area contributed by atoms with Crippen LogP contribution in [0.15, 0.2) is 71.7 Å². The van der Waals surface area contributed by atoms with Gasteiger partial charge in [0.1, 0.15) is 5.75 Å². The molecule has 2 aromatic heterocycles. The monoisotopic (exact) mass is 665 g/mol. The van der Waals surface area contributed by atoms with Crippen molar-refractivity contribution in [3.8, 4) is 23.0 Å². The Hall–Kier alpha value is -5.03. The first kappa shape index (κ1) is 32.5. The molecule has 1 saturated carbocycles. The van der Waals surface area contributed by atoms with Crippen LogP contribution in [0.5, 0.6) is 23.0 Å². The van der Waals surface area contributed by atoms with E-state index in [9.17, 15) is 9.59 Å². The first-order valence-electron chi connectivity index (χ1n) is 17.1. The van der Waals surface area contributed by atoms with Gasteiger partial charge in [-0.15, -0.1) is 0 Å². The second-order valence-electron chi connectivity index (χ2n) is 12.7. The van der Waals surface area contributed by atoms with Gasteiger partial charge in [-0.25, -0.2) is 9.37 Å². The van der Waals surface area contributed by atoms with Gasteiger partial charge < -0.3 is 29.0 Å². The number of hydrogen-bond acceptors (Lipinski definition) is 8. The van der Waals surface area contributed by atoms with Gasteiger partial charge in [0.15, 0.2) is 28.8 Å². The molecule has 10 nitrogen and oxygen atoms in total. The highest BCUT2D eigenvalue weighted by Gasteiger charge is 2.25. The average molecular weight is 666 g/mol. The molecule has 11 heteroatoms. The third kappa shape index (κ3) is 7.07. The Morgan fingerprint density at radius 2 is 1.73 bits per heavy atom. The second kappa shape index (κ2) is 14.6. The number of nitrogens with zero attached hydrogens (tertiary/aromatic N) is 4. The van der Waals surface area contributed by atoms with E-state index in [1.54, 1.807) is 42.1 Å². The van der Waals surface area contributed by atoms with E-state index in [2.05, 4.69) is 20.2 Å². The molecule has 3 heterocycles. The summed E-state index contributed by atoms with van der Waals surface area (Å²) in [5, 5.41) is 3.27. The average Bonchev–Trinajstić information content (AvgIpc) is 3.66. The Kier molecular flexibility index (Phi) is 9.70. The number of methoxy groups -OCH3 is 1. The minimum Gasteiger partial charge on any atom is -0.493 e. The normalized spacial score (nSPS) is 15.5. The maximum atomic E-state index is 15.4. The zero-order valence-corrected chi connectivity index (χ0v) is 27.6. The number of halogens is 1. The van der Waals surface area contributed by atoms with Crippen LogP contribution in [0.4, 0.5) is 10.1 Å². The Bertz CT molecular complexity index is 2040. The van der Waals surface area contributed by atoms with Crippen LogP contribution in [-0.2, 0) is 0 Å². The van der Waals surface area contributed by atoms with Crippen molar-refractivity contribution >= 4 is 33.5 Å². The summed E-state index contributed by atoms with van der Waals surface area (Å²) in [6.07, 6.45) is 10.1. The lowest BCUT2D eigenvalue weighted by atomic mass is 10.1. The Labute approximate surface area is 283 Å². The number of likely N-dealkylation sites (tertiary alicyclic amines) is 1. The Morgan fingerprint density at radius 3 is 2.53 bits per heavy atom. The molecule has 3 aromatic carbocycles. The van der Waals surface area contributed by atoms with E-state index in [4.69, 9.17) is 14.2 Å². The number of amides is 1. The second-order valence-corrected chi connectivity index (χ2v) is 12.7. The fourth-order valence-corrected chi connectivity index (χ4v) is 6.94. The van der Waals surface area contributed by atoms with Crippen molar-refractivity contribution in [3.05, 3.63) is 88.7 Å². The van der Waals surface area contributed by atoms with E-state index >= 15 is 4.39 Å². The van der Waals surface area contributed by atoms with Gasteiger partial charge in [0.2, 0.25) is 0 Å². The SMILES string of the molecule is COc1cc2c(Oc3ccc(NC(=O)c4nc5ccccc5n(C5CCCC5)c4=O)cc3F)ccnc2cc1OCCCN1CCCCC1. The highest BCUT2D eigenvalue weighted by Crippen LogP contribution is 2.38. The third-order valence-electron chi connectivity index (χ3n) is 9.42. The summed E-state index contributed by atoms with van der Waals surface area (Å²) < 4.78 is 34.9. The summed E-state index contributed by atoms with van der Waals surface area (Å²) in [6, 6.07) is 16.7. The highest BCUT2D eigenvalue weighted by atomic mass is 19.1. The highest BCUT2D eigenvalue weighted by molar-refractivity contribution is 6.03. The summed E-state index contributed by atoms with van der Waals surface area (Å²) in [4.78, 5) is 38.3. The lowest BCUT2D eigenvalue weighted by Gasteiger charge is -2.26. The lowest BCUT2D eigenvalue weighted by Crippen LogP contribution is -2.33. The van der Waals surface area contributed by atoms with Crippen LogP contribution in [0.25, 0.3) is 21.9 Å². The van der Waals surface area contributed by atoms with Crippen LogP contribution in [-0.4, -0.2) is 58.7 Å². The van der Waals surface area contributed by atoms with Crippen molar-refractivity contribution in [2.45, 2.75) is 57.4 Å². The van der Waals surface area contributed by atoms with Gasteiger partial charge in [-0.05, 0) is 81.6 Å². The molecule has 2 fully saturated rings. The molecule has 1 saturated heterocycles. The lowest BCUT2D eigenvalue weighted by molar-refractivity contribution is 0.102. The summed E-state index contributed by atoms with van der Waals surface area (Å²) in [7, 11) is 1.57. The standard InChI is InChI=1S/C38H40FN5O5/c1-47-34-23-27-30(24-35(34)48-21-9-20-43-18-7-2-8-19-43)40-17-16-32(27)49-33-15-14-25(22-28(33)39)41-37(45)36-38(46)44(26-10-3-4-11-26)31-13-6-5-12-29(31)42-36/h5-6,12-17,22-24,26H,2-4,7-11,18-21H2,1H3,(H,41,45). The van der Waals surface area contributed by atoms with E-state index in [1.807, 2.05) is 18.2 Å². The summed E-state index contributed by atoms with van der Waals surface area (Å²) >= 11 is 0. The van der Waals surface area contributed by atoms with Gasteiger partial charge in [0, 0.05) is 42.0 Å². The molecular weight excluding hydrogens is 625 g/mol. The number of piperidine rings is 1. The molecule has 5 aromatic rings. The van der Waals surface area contributed by atoms with Crippen molar-refractivity contribution < 1.29 is 23.4 Å². The number of carbonyl (C=O) groups is 1. The van der Waals surface area contributed by atoms with E-state index in [1.165, 1.54) is 31.4 Å². The van der Waals surface area contributed by atoms with Crippen LogP contribution >= 0.6 is 0 Å². The predicted molar refractivity (Wildman–Crippen MR) is 187 cm³/mol. The van der Waals surface area contributed by atoms with Crippen molar-refractivity contribution in [2.24, 2.45) is 0 Å². The molecule has 0 radical (unpaired) electrons. The minimum atomic E-state index is -0.702. The molecule has 1 aliphatic heterocycles. The van der Waals surface area contributed by atoms with Crippen molar-refractivity contribution in [2.75, 3.05) is 38.7 Å². The summed E-state index contributed by atoms with van der Waals surface area (Å²) in [6.45, 7) is 3.85. The van der Waals surface area contributed by atoms with Crippen molar-refractivity contribution in [3.63, 3.8) is 0 Å². The quantitative estimate of drug-likeness (QED) is 0.145. The topological polar surface area (TPSA) is 108 Å². The maximum Gasteiger partial charge on any atom is 0.282 e. The number of carbonyl (C=O) groups excluding carboxylic acids is 1. The van der Waals surface area contributed by atoms with E-state index in [0.717, 1.165) is 57.8 Å². The molecule has 1 aliphatic carbocycles. The van der Waals surface area contributed by atoms with Gasteiger partial charge in [-0.3, -0.25) is 14.6 Å². The molecule has 0 unspecified atom stereocenters. The number of hydrogen-bond donors (Lipinski definition) is 1. The number of pyridine rings is 1. The molecule has 7 rings (SSSR count). The van der Waals surface area contributed by atoms with Crippen LogP contribution in [0, 0.1) is 5.82 Å². The fourth-order valence-electron chi connectivity index (χ4n) is 6.94. The first-order chi connectivity index (χ1) is 24.0. The number of fused-ring (bicyclic) bond motifs is 2. The number of aromatic nitrogens is 3. The van der Waals surface area contributed by atoms with E-state index < -0.39 is 17.3 Å². The summed E-state index contributed by atoms with van der Waals surface area (Å²) in [5.74, 6) is 0.0422. The zero-order valence-electron chi connectivity index (χ0n) is 27.6. The van der Waals surface area contributed by atoms with Gasteiger partial charge >= 0.3 is 0 Å². The number of para-hydroxylation sites is 2. The van der Waals surface area contributed by atoms with Crippen LogP contribution in [0.2, 0.25) is 0 Å². The Balaban J connectivity index is 1.06. The van der Waals surface area contributed by atoms with Crippen molar-refractivity contribution in [1.29, 1.82) is 0 Å². The molecule has 49 heavy (non-hydrogen) atoms. The van der Waals surface area contributed by atoms with Gasteiger partial charge in [0.05, 0.1) is 30.3 Å². The largest absolute Gasteiger partial charge is 0.493 e.